The third kappa shape index (κ3) is 2.29. The zero-order valence-corrected chi connectivity index (χ0v) is 9.41. The summed E-state index contributed by atoms with van der Waals surface area (Å²) in [6.45, 7) is 2.01. The first kappa shape index (κ1) is 11.2. The zero-order valence-electron chi connectivity index (χ0n) is 9.41. The van der Waals surface area contributed by atoms with E-state index >= 15 is 0 Å². The molecule has 2 heterocycles. The van der Waals surface area contributed by atoms with Crippen LogP contribution in [-0.2, 0) is 0 Å². The van der Waals surface area contributed by atoms with Gasteiger partial charge in [0.15, 0.2) is 0 Å². The summed E-state index contributed by atoms with van der Waals surface area (Å²) in [5.74, 6) is 0.138. The van der Waals surface area contributed by atoms with Gasteiger partial charge in [0.2, 0.25) is 0 Å². The van der Waals surface area contributed by atoms with Crippen LogP contribution in [0, 0.1) is 11.3 Å². The average Bonchev–Trinajstić information content (AvgIpc) is 2.87. The molecule has 0 spiro atoms. The van der Waals surface area contributed by atoms with E-state index in [0.29, 0.717) is 0 Å². The number of hydrogen-bond donors (Lipinski definition) is 1. The van der Waals surface area contributed by atoms with Crippen LogP contribution in [0.3, 0.4) is 0 Å². The molecule has 0 aromatic carbocycles. The van der Waals surface area contributed by atoms with E-state index in [1.807, 2.05) is 25.1 Å². The fourth-order valence-electron chi connectivity index (χ4n) is 1.40. The predicted molar refractivity (Wildman–Crippen MR) is 61.1 cm³/mol. The van der Waals surface area contributed by atoms with Crippen LogP contribution in [0.15, 0.2) is 24.7 Å². The predicted octanol–water partition coefficient (Wildman–Crippen LogP) is 0.944. The molecule has 0 aliphatic rings. The molecule has 0 aliphatic carbocycles. The van der Waals surface area contributed by atoms with E-state index in [4.69, 9.17) is 11.0 Å². The van der Waals surface area contributed by atoms with Gasteiger partial charge in [-0.05, 0) is 18.6 Å². The molecule has 0 saturated heterocycles. The van der Waals surface area contributed by atoms with Crippen LogP contribution in [-0.4, -0.2) is 19.7 Å². The van der Waals surface area contributed by atoms with E-state index < -0.39 is 0 Å². The maximum atomic E-state index is 8.63. The van der Waals surface area contributed by atoms with Crippen molar-refractivity contribution in [3.05, 3.63) is 36.2 Å². The van der Waals surface area contributed by atoms with Gasteiger partial charge < -0.3 is 5.73 Å². The summed E-state index contributed by atoms with van der Waals surface area (Å²) in [5.41, 5.74) is 7.47. The van der Waals surface area contributed by atoms with Gasteiger partial charge in [0.05, 0.1) is 17.6 Å². The largest absolute Gasteiger partial charge is 0.323 e. The van der Waals surface area contributed by atoms with Crippen molar-refractivity contribution in [2.45, 2.75) is 19.4 Å². The van der Waals surface area contributed by atoms with Gasteiger partial charge in [0.25, 0.3) is 5.82 Å². The lowest BCUT2D eigenvalue weighted by Gasteiger charge is -2.08. The second kappa shape index (κ2) is 4.72. The fraction of sp³-hybridized carbons (Fsp3) is 0.273. The number of nitrogens with zero attached hydrogens (tertiary/aromatic N) is 5. The van der Waals surface area contributed by atoms with Gasteiger partial charge in [-0.25, -0.2) is 9.67 Å². The summed E-state index contributed by atoms with van der Waals surface area (Å²) < 4.78 is 1.51. The molecule has 1 atom stereocenters. The molecule has 6 heteroatoms. The molecule has 0 aliphatic heterocycles. The van der Waals surface area contributed by atoms with Crippen molar-refractivity contribution in [1.29, 1.82) is 5.26 Å². The van der Waals surface area contributed by atoms with Crippen LogP contribution in [0.2, 0.25) is 0 Å². The molecule has 0 amide bonds. The Bertz CT molecular complexity index is 536. The molecule has 86 valence electrons. The summed E-state index contributed by atoms with van der Waals surface area (Å²) in [4.78, 5) is 8.09. The number of hydrogen-bond acceptors (Lipinski definition) is 5. The fourth-order valence-corrected chi connectivity index (χ4v) is 1.40. The van der Waals surface area contributed by atoms with Crippen molar-refractivity contribution >= 4 is 0 Å². The van der Waals surface area contributed by atoms with E-state index in [0.717, 1.165) is 17.8 Å². The Hall–Kier alpha value is -2.26. The first-order valence-corrected chi connectivity index (χ1v) is 5.28. The Kier molecular flexibility index (Phi) is 3.12. The van der Waals surface area contributed by atoms with Crippen molar-refractivity contribution in [2.75, 3.05) is 0 Å². The Morgan fingerprint density at radius 3 is 2.82 bits per heavy atom. The highest BCUT2D eigenvalue weighted by atomic mass is 15.3. The summed E-state index contributed by atoms with van der Waals surface area (Å²) in [6, 6.07) is 5.54. The molecular formula is C11H12N6. The van der Waals surface area contributed by atoms with Gasteiger partial charge in [0, 0.05) is 6.04 Å². The van der Waals surface area contributed by atoms with E-state index in [9.17, 15) is 0 Å². The number of rotatable bonds is 3. The van der Waals surface area contributed by atoms with Gasteiger partial charge in [-0.1, -0.05) is 6.92 Å². The van der Waals surface area contributed by atoms with Gasteiger partial charge in [0.1, 0.15) is 12.4 Å². The monoisotopic (exact) mass is 228 g/mol. The SMILES string of the molecule is CC[C@H](N)c1ccc(-n2cnc(C#N)n2)cn1. The van der Waals surface area contributed by atoms with Crippen molar-refractivity contribution in [1.82, 2.24) is 19.7 Å². The summed E-state index contributed by atoms with van der Waals surface area (Å²) in [6.07, 6.45) is 3.99. The Labute approximate surface area is 98.7 Å². The van der Waals surface area contributed by atoms with Gasteiger partial charge in [-0.15, -0.1) is 5.10 Å². The van der Waals surface area contributed by atoms with Crippen molar-refractivity contribution < 1.29 is 0 Å². The highest BCUT2D eigenvalue weighted by Crippen LogP contribution is 2.12. The molecule has 0 unspecified atom stereocenters. The quantitative estimate of drug-likeness (QED) is 0.843. The van der Waals surface area contributed by atoms with Gasteiger partial charge in [-0.2, -0.15) is 5.26 Å². The molecule has 2 aromatic rings. The van der Waals surface area contributed by atoms with Crippen LogP contribution in [0.1, 0.15) is 30.9 Å². The molecule has 6 nitrogen and oxygen atoms in total. The molecule has 17 heavy (non-hydrogen) atoms. The van der Waals surface area contributed by atoms with Crippen LogP contribution >= 0.6 is 0 Å². The molecule has 0 saturated carbocycles. The maximum absolute atomic E-state index is 8.63. The molecule has 2 N–H and O–H groups in total. The minimum Gasteiger partial charge on any atom is -0.323 e. The minimum absolute atomic E-state index is 0.0468. The Balaban J connectivity index is 2.26. The van der Waals surface area contributed by atoms with Gasteiger partial charge >= 0.3 is 0 Å². The van der Waals surface area contributed by atoms with Crippen molar-refractivity contribution in [3.63, 3.8) is 0 Å². The molecule has 0 radical (unpaired) electrons. The molecule has 2 rings (SSSR count). The maximum Gasteiger partial charge on any atom is 0.252 e. The number of aromatic nitrogens is 4. The molecule has 0 bridgehead atoms. The van der Waals surface area contributed by atoms with Crippen LogP contribution in [0.5, 0.6) is 0 Å². The van der Waals surface area contributed by atoms with Crippen molar-refractivity contribution in [3.8, 4) is 11.8 Å². The highest BCUT2D eigenvalue weighted by molar-refractivity contribution is 5.29. The average molecular weight is 228 g/mol. The summed E-state index contributed by atoms with van der Waals surface area (Å²) in [7, 11) is 0. The Morgan fingerprint density at radius 1 is 1.47 bits per heavy atom. The lowest BCUT2D eigenvalue weighted by Crippen LogP contribution is -2.10. The standard InChI is InChI=1S/C11H12N6/c1-2-9(13)10-4-3-8(6-14-10)17-7-15-11(5-12)16-17/h3-4,6-7,9H,2,13H2,1H3/t9-/m0/s1. The smallest absolute Gasteiger partial charge is 0.252 e. The Morgan fingerprint density at radius 2 is 2.29 bits per heavy atom. The number of nitriles is 1. The zero-order chi connectivity index (χ0) is 12.3. The van der Waals surface area contributed by atoms with Crippen molar-refractivity contribution in [2.24, 2.45) is 5.73 Å². The molecular weight excluding hydrogens is 216 g/mol. The molecule has 0 fully saturated rings. The van der Waals surface area contributed by atoms with E-state index in [2.05, 4.69) is 15.1 Å². The second-order valence-corrected chi connectivity index (χ2v) is 3.58. The third-order valence-corrected chi connectivity index (χ3v) is 2.45. The molecule has 2 aromatic heterocycles. The van der Waals surface area contributed by atoms with Crippen LogP contribution in [0.25, 0.3) is 5.69 Å². The first-order chi connectivity index (χ1) is 8.24. The summed E-state index contributed by atoms with van der Waals surface area (Å²) >= 11 is 0. The highest BCUT2D eigenvalue weighted by Gasteiger charge is 2.06. The second-order valence-electron chi connectivity index (χ2n) is 3.58. The number of pyridine rings is 1. The first-order valence-electron chi connectivity index (χ1n) is 5.28. The summed E-state index contributed by atoms with van der Waals surface area (Å²) in [5, 5.41) is 12.6. The van der Waals surface area contributed by atoms with E-state index in [1.165, 1.54) is 11.0 Å². The van der Waals surface area contributed by atoms with E-state index in [1.54, 1.807) is 6.20 Å². The van der Waals surface area contributed by atoms with E-state index in [-0.39, 0.29) is 11.9 Å². The lowest BCUT2D eigenvalue weighted by atomic mass is 10.1. The topological polar surface area (TPSA) is 93.4 Å². The third-order valence-electron chi connectivity index (χ3n) is 2.45. The number of nitrogens with two attached hydrogens (primary N) is 1. The van der Waals surface area contributed by atoms with Crippen LogP contribution in [0.4, 0.5) is 0 Å². The lowest BCUT2D eigenvalue weighted by molar-refractivity contribution is 0.674. The minimum atomic E-state index is -0.0468. The van der Waals surface area contributed by atoms with Crippen LogP contribution < -0.4 is 5.73 Å². The van der Waals surface area contributed by atoms with Gasteiger partial charge in [-0.3, -0.25) is 4.98 Å². The normalized spacial score (nSPS) is 12.1.